The highest BCUT2D eigenvalue weighted by molar-refractivity contribution is 7.92. The number of ether oxygens (including phenoxy) is 1. The highest BCUT2D eigenvalue weighted by atomic mass is 32.2. The molecule has 1 aromatic rings. The molecule has 0 unspecified atom stereocenters. The van der Waals surface area contributed by atoms with Crippen molar-refractivity contribution in [1.29, 1.82) is 0 Å². The second kappa shape index (κ2) is 5.29. The maximum Gasteiger partial charge on any atom is 0.153 e. The van der Waals surface area contributed by atoms with E-state index in [0.29, 0.717) is 13.1 Å². The molecule has 1 N–H and O–H groups in total. The fraction of sp³-hybridized carbons (Fsp3) is 0.625. The Balaban J connectivity index is 2.06. The molecule has 0 bridgehead atoms. The van der Waals surface area contributed by atoms with Gasteiger partial charge in [0.15, 0.2) is 9.84 Å². The number of fused-ring (bicyclic) bond motifs is 1. The second-order valence-corrected chi connectivity index (χ2v) is 9.73. The van der Waals surface area contributed by atoms with Crippen LogP contribution in [0.15, 0.2) is 18.2 Å². The smallest absolute Gasteiger partial charge is 0.153 e. The summed E-state index contributed by atoms with van der Waals surface area (Å²) in [5.74, 6) is 0.951. The first kappa shape index (κ1) is 16.3. The molecule has 4 nitrogen and oxygen atoms in total. The van der Waals surface area contributed by atoms with Crippen LogP contribution in [0.3, 0.4) is 0 Å². The Kier molecular flexibility index (Phi) is 4.10. The molecule has 2 rings (SSSR count). The Morgan fingerprint density at radius 2 is 2.00 bits per heavy atom. The quantitative estimate of drug-likeness (QED) is 0.906. The van der Waals surface area contributed by atoms with Crippen molar-refractivity contribution < 1.29 is 13.2 Å². The molecule has 1 heterocycles. The molecule has 0 atom stereocenters. The van der Waals surface area contributed by atoms with Crippen LogP contribution in [-0.4, -0.2) is 31.6 Å². The van der Waals surface area contributed by atoms with Crippen LogP contribution in [0, 0.1) is 0 Å². The van der Waals surface area contributed by atoms with Crippen LogP contribution in [0.2, 0.25) is 0 Å². The zero-order valence-electron chi connectivity index (χ0n) is 13.5. The number of benzene rings is 1. The Hall–Kier alpha value is -1.07. The first-order valence-corrected chi connectivity index (χ1v) is 9.11. The highest BCUT2D eigenvalue weighted by Crippen LogP contribution is 2.37. The Morgan fingerprint density at radius 1 is 1.33 bits per heavy atom. The van der Waals surface area contributed by atoms with E-state index in [2.05, 4.69) is 25.2 Å². The maximum absolute atomic E-state index is 11.7. The van der Waals surface area contributed by atoms with Crippen LogP contribution in [-0.2, 0) is 22.8 Å². The van der Waals surface area contributed by atoms with Crippen LogP contribution in [0.4, 0.5) is 0 Å². The SMILES string of the molecule is CC1(C)Cc2cccc(CNCC(C)(C)S(C)(=O)=O)c2O1. The molecule has 1 aliphatic rings. The van der Waals surface area contributed by atoms with Gasteiger partial charge in [0.25, 0.3) is 0 Å². The van der Waals surface area contributed by atoms with E-state index in [1.807, 2.05) is 12.1 Å². The summed E-state index contributed by atoms with van der Waals surface area (Å²) >= 11 is 0. The van der Waals surface area contributed by atoms with Crippen molar-refractivity contribution in [2.75, 3.05) is 12.8 Å². The number of sulfone groups is 1. The average Bonchev–Trinajstić information content (AvgIpc) is 2.62. The largest absolute Gasteiger partial charge is 0.487 e. The van der Waals surface area contributed by atoms with E-state index >= 15 is 0 Å². The third kappa shape index (κ3) is 3.58. The topological polar surface area (TPSA) is 55.4 Å². The lowest BCUT2D eigenvalue weighted by Crippen LogP contribution is -2.41. The lowest BCUT2D eigenvalue weighted by Gasteiger charge is -2.23. The summed E-state index contributed by atoms with van der Waals surface area (Å²) in [6, 6.07) is 6.15. The zero-order chi connectivity index (χ0) is 15.9. The number of hydrogen-bond acceptors (Lipinski definition) is 4. The molecule has 1 aliphatic heterocycles. The van der Waals surface area contributed by atoms with Gasteiger partial charge in [0.1, 0.15) is 11.4 Å². The van der Waals surface area contributed by atoms with Crippen LogP contribution >= 0.6 is 0 Å². The molecular formula is C16H25NO3S. The normalized spacial score (nSPS) is 17.4. The first-order chi connectivity index (χ1) is 9.52. The fourth-order valence-electron chi connectivity index (χ4n) is 2.45. The van der Waals surface area contributed by atoms with E-state index in [9.17, 15) is 8.42 Å². The van der Waals surface area contributed by atoms with Crippen LogP contribution in [0.25, 0.3) is 0 Å². The molecule has 1 aromatic carbocycles. The number of hydrogen-bond donors (Lipinski definition) is 1. The van der Waals surface area contributed by atoms with Gasteiger partial charge < -0.3 is 10.1 Å². The van der Waals surface area contributed by atoms with Gasteiger partial charge in [0.05, 0.1) is 4.75 Å². The summed E-state index contributed by atoms with van der Waals surface area (Å²) in [7, 11) is -3.08. The Bertz CT molecular complexity index is 633. The van der Waals surface area contributed by atoms with Gasteiger partial charge in [-0.2, -0.15) is 0 Å². The average molecular weight is 311 g/mol. The summed E-state index contributed by atoms with van der Waals surface area (Å²) in [4.78, 5) is 0. The third-order valence-corrected chi connectivity index (χ3v) is 6.19. The van der Waals surface area contributed by atoms with E-state index in [0.717, 1.165) is 17.7 Å². The van der Waals surface area contributed by atoms with Gasteiger partial charge >= 0.3 is 0 Å². The molecule has 0 amide bonds. The van der Waals surface area contributed by atoms with E-state index in [1.54, 1.807) is 13.8 Å². The predicted molar refractivity (Wildman–Crippen MR) is 85.5 cm³/mol. The number of rotatable bonds is 5. The molecule has 0 saturated carbocycles. The highest BCUT2D eigenvalue weighted by Gasteiger charge is 2.32. The van der Waals surface area contributed by atoms with Crippen molar-refractivity contribution in [1.82, 2.24) is 5.32 Å². The van der Waals surface area contributed by atoms with E-state index in [4.69, 9.17) is 4.74 Å². The first-order valence-electron chi connectivity index (χ1n) is 7.22. The van der Waals surface area contributed by atoms with Crippen molar-refractivity contribution in [3.63, 3.8) is 0 Å². The summed E-state index contributed by atoms with van der Waals surface area (Å²) < 4.78 is 28.7. The van der Waals surface area contributed by atoms with Crippen molar-refractivity contribution >= 4 is 9.84 Å². The van der Waals surface area contributed by atoms with Crippen molar-refractivity contribution in [2.24, 2.45) is 0 Å². The lowest BCUT2D eigenvalue weighted by atomic mass is 10.0. The predicted octanol–water partition coefficient (Wildman–Crippen LogP) is 2.31. The molecule has 0 aromatic heterocycles. The minimum Gasteiger partial charge on any atom is -0.487 e. The fourth-order valence-corrected chi connectivity index (χ4v) is 2.81. The maximum atomic E-state index is 11.7. The van der Waals surface area contributed by atoms with Crippen molar-refractivity contribution in [3.05, 3.63) is 29.3 Å². The summed E-state index contributed by atoms with van der Waals surface area (Å²) in [6.07, 6.45) is 2.19. The van der Waals surface area contributed by atoms with Gasteiger partial charge in [0.2, 0.25) is 0 Å². The van der Waals surface area contributed by atoms with Crippen LogP contribution in [0.1, 0.15) is 38.8 Å². The molecule has 0 fully saturated rings. The van der Waals surface area contributed by atoms with E-state index in [-0.39, 0.29) is 5.60 Å². The van der Waals surface area contributed by atoms with E-state index < -0.39 is 14.6 Å². The molecule has 0 spiro atoms. The van der Waals surface area contributed by atoms with Crippen molar-refractivity contribution in [3.8, 4) is 5.75 Å². The lowest BCUT2D eigenvalue weighted by molar-refractivity contribution is 0.137. The van der Waals surface area contributed by atoms with Gasteiger partial charge in [-0.1, -0.05) is 18.2 Å². The van der Waals surface area contributed by atoms with E-state index in [1.165, 1.54) is 11.8 Å². The molecular weight excluding hydrogens is 286 g/mol. The minimum atomic E-state index is -3.08. The molecule has 0 radical (unpaired) electrons. The van der Waals surface area contributed by atoms with Gasteiger partial charge in [0, 0.05) is 31.3 Å². The molecule has 5 heteroatoms. The third-order valence-electron chi connectivity index (χ3n) is 4.04. The Labute approximate surface area is 127 Å². The van der Waals surface area contributed by atoms with Gasteiger partial charge in [-0.15, -0.1) is 0 Å². The van der Waals surface area contributed by atoms with Gasteiger partial charge in [-0.25, -0.2) is 8.42 Å². The summed E-state index contributed by atoms with van der Waals surface area (Å²) in [5, 5.41) is 3.25. The summed E-state index contributed by atoms with van der Waals surface area (Å²) in [6.45, 7) is 8.67. The van der Waals surface area contributed by atoms with Gasteiger partial charge in [-0.3, -0.25) is 0 Å². The van der Waals surface area contributed by atoms with Crippen LogP contribution in [0.5, 0.6) is 5.75 Å². The molecule has 118 valence electrons. The standard InChI is InChI=1S/C16H25NO3S/c1-15(2)9-12-7-6-8-13(14(12)20-15)10-17-11-16(3,4)21(5,18)19/h6-8,17H,9-11H2,1-5H3. The zero-order valence-corrected chi connectivity index (χ0v) is 14.3. The molecule has 0 saturated heterocycles. The van der Waals surface area contributed by atoms with Crippen LogP contribution < -0.4 is 10.1 Å². The molecule has 0 aliphatic carbocycles. The Morgan fingerprint density at radius 3 is 2.62 bits per heavy atom. The van der Waals surface area contributed by atoms with Gasteiger partial charge in [-0.05, 0) is 33.3 Å². The summed E-state index contributed by atoms with van der Waals surface area (Å²) in [5.41, 5.74) is 2.15. The number of para-hydroxylation sites is 1. The second-order valence-electron chi connectivity index (χ2n) is 7.08. The number of nitrogens with one attached hydrogen (secondary N) is 1. The monoisotopic (exact) mass is 311 g/mol. The van der Waals surface area contributed by atoms with Crippen molar-refractivity contribution in [2.45, 2.75) is 51.0 Å². The molecule has 21 heavy (non-hydrogen) atoms. The minimum absolute atomic E-state index is 0.162.